The van der Waals surface area contributed by atoms with Crippen LogP contribution >= 0.6 is 0 Å². The predicted molar refractivity (Wildman–Crippen MR) is 59.0 cm³/mol. The van der Waals surface area contributed by atoms with E-state index >= 15 is 0 Å². The molecule has 3 nitrogen and oxygen atoms in total. The number of methoxy groups -OCH3 is 2. The zero-order chi connectivity index (χ0) is 12.3. The van der Waals surface area contributed by atoms with Crippen LogP contribution in [0.3, 0.4) is 0 Å². The van der Waals surface area contributed by atoms with E-state index < -0.39 is 17.5 Å². The van der Waals surface area contributed by atoms with Crippen LogP contribution in [0.5, 0.6) is 5.75 Å². The van der Waals surface area contributed by atoms with Crippen molar-refractivity contribution in [2.75, 3.05) is 14.2 Å². The fraction of sp³-hybridized carbons (Fsp3) is 0.500. The lowest BCUT2D eigenvalue weighted by Gasteiger charge is -2.29. The van der Waals surface area contributed by atoms with Gasteiger partial charge in [0, 0.05) is 7.11 Å². The monoisotopic (exact) mass is 228 g/mol. The summed E-state index contributed by atoms with van der Waals surface area (Å²) in [4.78, 5) is 0. The first kappa shape index (κ1) is 12.9. The second-order valence-electron chi connectivity index (χ2n) is 4.10. The van der Waals surface area contributed by atoms with Crippen molar-refractivity contribution < 1.29 is 19.0 Å². The number of aliphatic hydroxyl groups excluding tert-OH is 1. The van der Waals surface area contributed by atoms with Gasteiger partial charge in [-0.1, -0.05) is 6.07 Å². The second kappa shape index (κ2) is 4.80. The molecule has 1 aromatic carbocycles. The molecule has 90 valence electrons. The molecule has 1 unspecified atom stereocenters. The van der Waals surface area contributed by atoms with Crippen LogP contribution in [-0.2, 0) is 4.74 Å². The van der Waals surface area contributed by atoms with Gasteiger partial charge in [-0.25, -0.2) is 4.39 Å². The van der Waals surface area contributed by atoms with E-state index in [-0.39, 0.29) is 5.75 Å². The number of ether oxygens (including phenoxy) is 2. The number of hydrogen-bond donors (Lipinski definition) is 1. The fourth-order valence-corrected chi connectivity index (χ4v) is 1.37. The van der Waals surface area contributed by atoms with Crippen LogP contribution in [0.4, 0.5) is 4.39 Å². The van der Waals surface area contributed by atoms with Gasteiger partial charge in [-0.05, 0) is 31.5 Å². The third kappa shape index (κ3) is 2.51. The van der Waals surface area contributed by atoms with Gasteiger partial charge in [0.2, 0.25) is 0 Å². The molecule has 0 saturated carbocycles. The summed E-state index contributed by atoms with van der Waals surface area (Å²) >= 11 is 0. The van der Waals surface area contributed by atoms with Crippen molar-refractivity contribution in [1.29, 1.82) is 0 Å². The summed E-state index contributed by atoms with van der Waals surface area (Å²) in [6.45, 7) is 3.47. The van der Waals surface area contributed by atoms with Crippen molar-refractivity contribution in [2.45, 2.75) is 25.6 Å². The Morgan fingerprint density at radius 3 is 2.38 bits per heavy atom. The Balaban J connectivity index is 3.02. The molecule has 1 N–H and O–H groups in total. The van der Waals surface area contributed by atoms with Crippen LogP contribution in [0.1, 0.15) is 25.5 Å². The molecule has 0 radical (unpaired) electrons. The molecule has 4 heteroatoms. The van der Waals surface area contributed by atoms with Crippen LogP contribution < -0.4 is 4.74 Å². The standard InChI is InChI=1S/C12H17FO3/c1-12(2,16-4)11(14)8-5-6-10(15-3)9(13)7-8/h5-7,11,14H,1-4H3. The Hall–Kier alpha value is -1.13. The first-order valence-corrected chi connectivity index (χ1v) is 4.99. The quantitative estimate of drug-likeness (QED) is 0.859. The summed E-state index contributed by atoms with van der Waals surface area (Å²) in [6, 6.07) is 4.36. The molecular formula is C12H17FO3. The van der Waals surface area contributed by atoms with Gasteiger partial charge in [0.15, 0.2) is 11.6 Å². The van der Waals surface area contributed by atoms with Gasteiger partial charge >= 0.3 is 0 Å². The van der Waals surface area contributed by atoms with E-state index in [0.29, 0.717) is 5.56 Å². The Kier molecular flexibility index (Phi) is 3.88. The topological polar surface area (TPSA) is 38.7 Å². The van der Waals surface area contributed by atoms with Crippen molar-refractivity contribution >= 4 is 0 Å². The SMILES string of the molecule is COc1ccc(C(O)C(C)(C)OC)cc1F. The lowest BCUT2D eigenvalue weighted by Crippen LogP contribution is -2.31. The van der Waals surface area contributed by atoms with Gasteiger partial charge in [-0.15, -0.1) is 0 Å². The molecule has 0 aliphatic carbocycles. The molecule has 0 spiro atoms. The van der Waals surface area contributed by atoms with Gasteiger partial charge in [0.05, 0.1) is 12.7 Å². The Labute approximate surface area is 94.8 Å². The summed E-state index contributed by atoms with van der Waals surface area (Å²) < 4.78 is 23.4. The molecule has 0 aliphatic rings. The minimum absolute atomic E-state index is 0.158. The Morgan fingerprint density at radius 1 is 1.31 bits per heavy atom. The molecule has 1 atom stereocenters. The molecule has 0 amide bonds. The zero-order valence-electron chi connectivity index (χ0n) is 9.95. The van der Waals surface area contributed by atoms with Gasteiger partial charge in [-0.3, -0.25) is 0 Å². The first-order valence-electron chi connectivity index (χ1n) is 4.99. The van der Waals surface area contributed by atoms with Gasteiger partial charge in [-0.2, -0.15) is 0 Å². The maximum Gasteiger partial charge on any atom is 0.165 e. The summed E-state index contributed by atoms with van der Waals surface area (Å²) in [5.74, 6) is -0.336. The van der Waals surface area contributed by atoms with Crippen LogP contribution in [0, 0.1) is 5.82 Å². The van der Waals surface area contributed by atoms with Crippen LogP contribution in [0.25, 0.3) is 0 Å². The van der Waals surface area contributed by atoms with E-state index in [4.69, 9.17) is 9.47 Å². The summed E-state index contributed by atoms with van der Waals surface area (Å²) in [7, 11) is 2.90. The lowest BCUT2D eigenvalue weighted by atomic mass is 9.94. The number of benzene rings is 1. The maximum atomic E-state index is 13.4. The molecule has 0 aromatic heterocycles. The highest BCUT2D eigenvalue weighted by atomic mass is 19.1. The molecule has 16 heavy (non-hydrogen) atoms. The minimum Gasteiger partial charge on any atom is -0.494 e. The molecule has 0 fully saturated rings. The zero-order valence-corrected chi connectivity index (χ0v) is 9.95. The third-order valence-electron chi connectivity index (χ3n) is 2.68. The van der Waals surface area contributed by atoms with E-state index in [1.807, 2.05) is 0 Å². The molecule has 0 saturated heterocycles. The normalized spacial score (nSPS) is 13.6. The smallest absolute Gasteiger partial charge is 0.165 e. The van der Waals surface area contributed by atoms with E-state index in [0.717, 1.165) is 0 Å². The largest absolute Gasteiger partial charge is 0.494 e. The average Bonchev–Trinajstić information content (AvgIpc) is 2.27. The number of rotatable bonds is 4. The van der Waals surface area contributed by atoms with Gasteiger partial charge in [0.1, 0.15) is 6.10 Å². The molecule has 1 aromatic rings. The highest BCUT2D eigenvalue weighted by molar-refractivity contribution is 5.31. The van der Waals surface area contributed by atoms with Crippen molar-refractivity contribution in [1.82, 2.24) is 0 Å². The van der Waals surface area contributed by atoms with Crippen molar-refractivity contribution in [3.63, 3.8) is 0 Å². The van der Waals surface area contributed by atoms with Gasteiger partial charge in [0.25, 0.3) is 0 Å². The van der Waals surface area contributed by atoms with Crippen LogP contribution in [0.15, 0.2) is 18.2 Å². The summed E-state index contributed by atoms with van der Waals surface area (Å²) in [5.41, 5.74) is -0.300. The van der Waals surface area contributed by atoms with Crippen LogP contribution in [-0.4, -0.2) is 24.9 Å². The van der Waals surface area contributed by atoms with E-state index in [1.165, 1.54) is 26.4 Å². The fourth-order valence-electron chi connectivity index (χ4n) is 1.37. The molecule has 1 rings (SSSR count). The molecular weight excluding hydrogens is 211 g/mol. The Morgan fingerprint density at radius 2 is 1.94 bits per heavy atom. The van der Waals surface area contributed by atoms with Crippen molar-refractivity contribution in [2.24, 2.45) is 0 Å². The number of halogens is 1. The molecule has 0 bridgehead atoms. The summed E-state index contributed by atoms with van der Waals surface area (Å²) in [5, 5.41) is 10.0. The van der Waals surface area contributed by atoms with E-state index in [1.54, 1.807) is 19.9 Å². The number of hydrogen-bond acceptors (Lipinski definition) is 3. The van der Waals surface area contributed by atoms with Crippen molar-refractivity contribution in [3.8, 4) is 5.75 Å². The maximum absolute atomic E-state index is 13.4. The molecule has 0 heterocycles. The highest BCUT2D eigenvalue weighted by Gasteiger charge is 2.29. The highest BCUT2D eigenvalue weighted by Crippen LogP contribution is 2.30. The first-order chi connectivity index (χ1) is 7.42. The van der Waals surface area contributed by atoms with Crippen molar-refractivity contribution in [3.05, 3.63) is 29.6 Å². The Bertz CT molecular complexity index is 363. The predicted octanol–water partition coefficient (Wildman–Crippen LogP) is 2.29. The van der Waals surface area contributed by atoms with E-state index in [9.17, 15) is 9.50 Å². The number of aliphatic hydroxyl groups is 1. The second-order valence-corrected chi connectivity index (χ2v) is 4.10. The minimum atomic E-state index is -0.891. The van der Waals surface area contributed by atoms with Gasteiger partial charge < -0.3 is 14.6 Å². The average molecular weight is 228 g/mol. The van der Waals surface area contributed by atoms with E-state index in [2.05, 4.69) is 0 Å². The lowest BCUT2D eigenvalue weighted by molar-refractivity contribution is -0.0794. The molecule has 0 aliphatic heterocycles. The third-order valence-corrected chi connectivity index (χ3v) is 2.68. The summed E-state index contributed by atoms with van der Waals surface area (Å²) in [6.07, 6.45) is -0.891. The van der Waals surface area contributed by atoms with Crippen LogP contribution in [0.2, 0.25) is 0 Å².